The van der Waals surface area contributed by atoms with Gasteiger partial charge < -0.3 is 19.7 Å². The number of halogens is 1. The fourth-order valence-electron chi connectivity index (χ4n) is 1.36. The molecule has 2 N–H and O–H groups in total. The number of nitrogens with two attached hydrogens (primary N) is 1. The Labute approximate surface area is 106 Å². The molecule has 0 saturated heterocycles. The van der Waals surface area contributed by atoms with Gasteiger partial charge >= 0.3 is 0 Å². The van der Waals surface area contributed by atoms with E-state index < -0.39 is 0 Å². The summed E-state index contributed by atoms with van der Waals surface area (Å²) >= 11 is 2.18. The maximum atomic E-state index is 5.71. The summed E-state index contributed by atoms with van der Waals surface area (Å²) in [4.78, 5) is 0. The van der Waals surface area contributed by atoms with Gasteiger partial charge in [0.2, 0.25) is 5.58 Å². The van der Waals surface area contributed by atoms with Crippen LogP contribution in [0.5, 0.6) is 5.75 Å². The Morgan fingerprint density at radius 3 is 3.00 bits per heavy atom. The van der Waals surface area contributed by atoms with E-state index in [-0.39, 0.29) is 0 Å². The molecule has 0 aliphatic heterocycles. The van der Waals surface area contributed by atoms with Crippen molar-refractivity contribution in [1.82, 2.24) is 5.16 Å². The number of ether oxygens (including phenoxy) is 2. The molecule has 0 atom stereocenters. The van der Waals surface area contributed by atoms with Crippen LogP contribution in [0.15, 0.2) is 16.7 Å². The molecule has 16 heavy (non-hydrogen) atoms. The first-order valence-corrected chi connectivity index (χ1v) is 5.77. The van der Waals surface area contributed by atoms with E-state index in [0.29, 0.717) is 30.4 Å². The predicted octanol–water partition coefficient (Wildman–Crippen LogP) is 2.04. The third-order valence-electron chi connectivity index (χ3n) is 2.11. The number of hydrogen-bond donors (Lipinski definition) is 1. The second-order valence-corrected chi connectivity index (χ2v) is 4.32. The van der Waals surface area contributed by atoms with Gasteiger partial charge in [0.1, 0.15) is 6.61 Å². The Morgan fingerprint density at radius 2 is 2.25 bits per heavy atom. The van der Waals surface area contributed by atoms with Crippen LogP contribution in [0.2, 0.25) is 0 Å². The fourth-order valence-corrected chi connectivity index (χ4v) is 2.06. The molecular formula is C10H11IN2O3. The summed E-state index contributed by atoms with van der Waals surface area (Å²) < 4.78 is 16.6. The topological polar surface area (TPSA) is 70.5 Å². The Morgan fingerprint density at radius 1 is 1.44 bits per heavy atom. The molecule has 86 valence electrons. The summed E-state index contributed by atoms with van der Waals surface area (Å²) in [5.41, 5.74) is 6.29. The standard InChI is InChI=1S/C10H11IN2O3/c1-14-4-5-15-7-3-2-6(11)8-9(7)16-13-10(8)12/h2-3H,4-5H2,1H3,(H2,12,13). The molecule has 0 unspecified atom stereocenters. The summed E-state index contributed by atoms with van der Waals surface area (Å²) in [6.07, 6.45) is 0. The van der Waals surface area contributed by atoms with Crippen LogP contribution in [-0.2, 0) is 4.74 Å². The molecule has 2 rings (SSSR count). The van der Waals surface area contributed by atoms with E-state index in [0.717, 1.165) is 8.96 Å². The lowest BCUT2D eigenvalue weighted by atomic mass is 10.2. The smallest absolute Gasteiger partial charge is 0.211 e. The summed E-state index contributed by atoms with van der Waals surface area (Å²) in [7, 11) is 1.62. The number of nitrogens with zero attached hydrogens (tertiary/aromatic N) is 1. The molecule has 0 saturated carbocycles. The molecule has 6 heteroatoms. The molecule has 0 fully saturated rings. The highest BCUT2D eigenvalue weighted by Gasteiger charge is 2.13. The van der Waals surface area contributed by atoms with E-state index in [1.807, 2.05) is 12.1 Å². The molecule has 0 spiro atoms. The highest BCUT2D eigenvalue weighted by molar-refractivity contribution is 14.1. The van der Waals surface area contributed by atoms with Gasteiger partial charge in [-0.15, -0.1) is 0 Å². The van der Waals surface area contributed by atoms with Crippen LogP contribution in [0.4, 0.5) is 5.82 Å². The summed E-state index contributed by atoms with van der Waals surface area (Å²) in [5, 5.41) is 4.53. The van der Waals surface area contributed by atoms with Gasteiger partial charge in [-0.1, -0.05) is 5.16 Å². The number of anilines is 1. The molecule has 0 bridgehead atoms. The molecule has 1 heterocycles. The number of methoxy groups -OCH3 is 1. The molecule has 0 radical (unpaired) electrons. The van der Waals surface area contributed by atoms with Gasteiger partial charge in [0, 0.05) is 10.7 Å². The zero-order chi connectivity index (χ0) is 11.5. The Hall–Kier alpha value is -1.02. The summed E-state index contributed by atoms with van der Waals surface area (Å²) in [6.45, 7) is 0.990. The lowest BCUT2D eigenvalue weighted by molar-refractivity contribution is 0.146. The van der Waals surface area contributed by atoms with Crippen molar-refractivity contribution in [2.45, 2.75) is 0 Å². The van der Waals surface area contributed by atoms with Crippen LogP contribution >= 0.6 is 22.6 Å². The number of fused-ring (bicyclic) bond motifs is 1. The molecule has 2 aromatic rings. The van der Waals surface area contributed by atoms with Gasteiger partial charge in [0.15, 0.2) is 11.6 Å². The van der Waals surface area contributed by atoms with Gasteiger partial charge in [-0.2, -0.15) is 0 Å². The fraction of sp³-hybridized carbons (Fsp3) is 0.300. The van der Waals surface area contributed by atoms with E-state index in [1.165, 1.54) is 0 Å². The van der Waals surface area contributed by atoms with Crippen molar-refractivity contribution < 1.29 is 14.0 Å². The lowest BCUT2D eigenvalue weighted by Gasteiger charge is -2.05. The van der Waals surface area contributed by atoms with E-state index >= 15 is 0 Å². The Bertz CT molecular complexity index is 498. The van der Waals surface area contributed by atoms with Crippen molar-refractivity contribution in [1.29, 1.82) is 0 Å². The van der Waals surface area contributed by atoms with E-state index in [9.17, 15) is 0 Å². The predicted molar refractivity (Wildman–Crippen MR) is 68.5 cm³/mol. The molecule has 1 aromatic carbocycles. The Kier molecular flexibility index (Phi) is 3.49. The van der Waals surface area contributed by atoms with E-state index in [2.05, 4.69) is 27.7 Å². The van der Waals surface area contributed by atoms with Crippen molar-refractivity contribution in [3.8, 4) is 5.75 Å². The number of nitrogen functional groups attached to an aromatic ring is 1. The van der Waals surface area contributed by atoms with Gasteiger partial charge in [-0.05, 0) is 34.7 Å². The largest absolute Gasteiger partial charge is 0.487 e. The minimum atomic E-state index is 0.386. The highest BCUT2D eigenvalue weighted by atomic mass is 127. The van der Waals surface area contributed by atoms with Gasteiger partial charge in [0.25, 0.3) is 0 Å². The Balaban J connectivity index is 2.35. The average Bonchev–Trinajstić information content (AvgIpc) is 2.66. The van der Waals surface area contributed by atoms with Crippen molar-refractivity contribution in [3.63, 3.8) is 0 Å². The van der Waals surface area contributed by atoms with Crippen molar-refractivity contribution in [3.05, 3.63) is 15.7 Å². The minimum absolute atomic E-state index is 0.386. The second kappa shape index (κ2) is 4.88. The molecule has 0 aliphatic rings. The SMILES string of the molecule is COCCOc1ccc(I)c2c(N)noc12. The van der Waals surface area contributed by atoms with Crippen LogP contribution in [0.3, 0.4) is 0 Å². The van der Waals surface area contributed by atoms with Crippen LogP contribution in [0, 0.1) is 3.57 Å². The zero-order valence-corrected chi connectivity index (χ0v) is 10.9. The van der Waals surface area contributed by atoms with Crippen LogP contribution in [0.25, 0.3) is 11.0 Å². The molecule has 1 aromatic heterocycles. The maximum absolute atomic E-state index is 5.71. The third-order valence-corrected chi connectivity index (χ3v) is 3.01. The first-order valence-electron chi connectivity index (χ1n) is 4.69. The summed E-state index contributed by atoms with van der Waals surface area (Å²) in [6, 6.07) is 3.75. The normalized spacial score (nSPS) is 10.9. The highest BCUT2D eigenvalue weighted by Crippen LogP contribution is 2.33. The lowest BCUT2D eigenvalue weighted by Crippen LogP contribution is -2.04. The van der Waals surface area contributed by atoms with Gasteiger partial charge in [0.05, 0.1) is 12.0 Å². The molecular weight excluding hydrogens is 323 g/mol. The van der Waals surface area contributed by atoms with Crippen LogP contribution < -0.4 is 10.5 Å². The first-order chi connectivity index (χ1) is 7.74. The zero-order valence-electron chi connectivity index (χ0n) is 8.70. The number of aromatic nitrogens is 1. The molecule has 0 aliphatic carbocycles. The third kappa shape index (κ3) is 2.07. The average molecular weight is 334 g/mol. The summed E-state index contributed by atoms with van der Waals surface area (Å²) in [5.74, 6) is 1.02. The molecule has 0 amide bonds. The first kappa shape index (κ1) is 11.5. The van der Waals surface area contributed by atoms with Gasteiger partial charge in [-0.3, -0.25) is 0 Å². The maximum Gasteiger partial charge on any atom is 0.211 e. The van der Waals surface area contributed by atoms with Crippen molar-refractivity contribution in [2.24, 2.45) is 0 Å². The second-order valence-electron chi connectivity index (χ2n) is 3.16. The number of hydrogen-bond acceptors (Lipinski definition) is 5. The van der Waals surface area contributed by atoms with Crippen LogP contribution in [-0.4, -0.2) is 25.5 Å². The van der Waals surface area contributed by atoms with Gasteiger partial charge in [-0.25, -0.2) is 0 Å². The van der Waals surface area contributed by atoms with Crippen LogP contribution in [0.1, 0.15) is 0 Å². The van der Waals surface area contributed by atoms with Crippen molar-refractivity contribution >= 4 is 39.4 Å². The van der Waals surface area contributed by atoms with E-state index in [4.69, 9.17) is 19.7 Å². The number of rotatable bonds is 4. The van der Waals surface area contributed by atoms with E-state index in [1.54, 1.807) is 7.11 Å². The quantitative estimate of drug-likeness (QED) is 0.684. The monoisotopic (exact) mass is 334 g/mol. The molecule has 5 nitrogen and oxygen atoms in total. The minimum Gasteiger partial charge on any atom is -0.487 e. The van der Waals surface area contributed by atoms with Crippen molar-refractivity contribution in [2.75, 3.05) is 26.1 Å². The number of benzene rings is 1.